The fourth-order valence-electron chi connectivity index (χ4n) is 1.02. The van der Waals surface area contributed by atoms with Gasteiger partial charge in [-0.1, -0.05) is 39.0 Å². The monoisotopic (exact) mass is 198 g/mol. The summed E-state index contributed by atoms with van der Waals surface area (Å²) in [5.74, 6) is 0. The number of hydrogen-bond acceptors (Lipinski definition) is 1. The Morgan fingerprint density at radius 1 is 1.00 bits per heavy atom. The minimum Gasteiger partial charge on any atom is -0.306 e. The Labute approximate surface area is 74.6 Å². The first-order chi connectivity index (χ1) is 5.77. The molecule has 0 radical (unpaired) electrons. The highest BCUT2D eigenvalue weighted by Crippen LogP contribution is 2.39. The zero-order valence-corrected chi connectivity index (χ0v) is 8.46. The van der Waals surface area contributed by atoms with Crippen LogP contribution in [0.4, 0.5) is 8.39 Å². The molecule has 0 spiro atoms. The van der Waals surface area contributed by atoms with E-state index in [-0.39, 0.29) is 6.61 Å². The minimum absolute atomic E-state index is 0.227. The second kappa shape index (κ2) is 9.34. The zero-order chi connectivity index (χ0) is 9.23. The van der Waals surface area contributed by atoms with Crippen LogP contribution in [0.2, 0.25) is 0 Å². The highest BCUT2D eigenvalue weighted by atomic mass is 31.2. The fourth-order valence-corrected chi connectivity index (χ4v) is 1.28. The van der Waals surface area contributed by atoms with E-state index in [2.05, 4.69) is 11.4 Å². The lowest BCUT2D eigenvalue weighted by atomic mass is 10.1. The van der Waals surface area contributed by atoms with Gasteiger partial charge in [0.2, 0.25) is 0 Å². The SMILES string of the molecule is CCCCCCCCOP(F)F. The molecule has 1 nitrogen and oxygen atoms in total. The lowest BCUT2D eigenvalue weighted by Gasteiger charge is -2.00. The van der Waals surface area contributed by atoms with E-state index >= 15 is 0 Å². The lowest BCUT2D eigenvalue weighted by Crippen LogP contribution is -1.86. The Morgan fingerprint density at radius 3 is 2.17 bits per heavy atom. The highest BCUT2D eigenvalue weighted by molar-refractivity contribution is 7.40. The van der Waals surface area contributed by atoms with Crippen LogP contribution in [-0.2, 0) is 4.52 Å². The smallest absolute Gasteiger partial charge is 0.306 e. The Balaban J connectivity index is 2.82. The van der Waals surface area contributed by atoms with E-state index in [0.29, 0.717) is 0 Å². The first kappa shape index (κ1) is 12.2. The topological polar surface area (TPSA) is 9.23 Å². The fraction of sp³-hybridized carbons (Fsp3) is 1.00. The van der Waals surface area contributed by atoms with Gasteiger partial charge in [-0.05, 0) is 6.42 Å². The maximum Gasteiger partial charge on any atom is 0.415 e. The van der Waals surface area contributed by atoms with Crippen LogP contribution in [0.15, 0.2) is 0 Å². The Hall–Kier alpha value is 0.250. The summed E-state index contributed by atoms with van der Waals surface area (Å²) in [5, 5.41) is 0. The van der Waals surface area contributed by atoms with Gasteiger partial charge in [-0.15, -0.1) is 0 Å². The van der Waals surface area contributed by atoms with Crippen molar-refractivity contribution in [3.8, 4) is 0 Å². The molecule has 0 bridgehead atoms. The highest BCUT2D eigenvalue weighted by Gasteiger charge is 2.02. The largest absolute Gasteiger partial charge is 0.415 e. The van der Waals surface area contributed by atoms with Crippen LogP contribution in [0, 0.1) is 0 Å². The van der Waals surface area contributed by atoms with Crippen LogP contribution in [0.5, 0.6) is 0 Å². The molecule has 0 atom stereocenters. The molecule has 0 aromatic carbocycles. The third-order valence-corrected chi connectivity index (χ3v) is 2.06. The van der Waals surface area contributed by atoms with Gasteiger partial charge in [0.1, 0.15) is 0 Å². The van der Waals surface area contributed by atoms with Crippen LogP contribution < -0.4 is 0 Å². The van der Waals surface area contributed by atoms with E-state index in [1.807, 2.05) is 0 Å². The Kier molecular flexibility index (Phi) is 9.53. The molecule has 74 valence electrons. The molecule has 0 saturated heterocycles. The Morgan fingerprint density at radius 2 is 1.58 bits per heavy atom. The van der Waals surface area contributed by atoms with Gasteiger partial charge >= 0.3 is 8.77 Å². The summed E-state index contributed by atoms with van der Waals surface area (Å²) in [5.41, 5.74) is 0. The summed E-state index contributed by atoms with van der Waals surface area (Å²) in [6.45, 7) is 2.38. The van der Waals surface area contributed by atoms with Gasteiger partial charge in [0.15, 0.2) is 0 Å². The van der Waals surface area contributed by atoms with Gasteiger partial charge < -0.3 is 4.52 Å². The molecule has 12 heavy (non-hydrogen) atoms. The Bertz CT molecular complexity index is 91.1. The number of unbranched alkanes of at least 4 members (excludes halogenated alkanes) is 5. The molecule has 0 aliphatic heterocycles. The van der Waals surface area contributed by atoms with E-state index in [9.17, 15) is 8.39 Å². The predicted molar refractivity (Wildman–Crippen MR) is 48.5 cm³/mol. The quantitative estimate of drug-likeness (QED) is 0.411. The van der Waals surface area contributed by atoms with Crippen molar-refractivity contribution in [1.29, 1.82) is 0 Å². The van der Waals surface area contributed by atoms with Crippen molar-refractivity contribution in [3.63, 3.8) is 0 Å². The predicted octanol–water partition coefficient (Wildman–Crippen LogP) is 4.53. The number of hydrogen-bond donors (Lipinski definition) is 0. The normalized spacial score (nSPS) is 11.0. The zero-order valence-electron chi connectivity index (χ0n) is 7.56. The molecule has 0 aromatic heterocycles. The van der Waals surface area contributed by atoms with Crippen LogP contribution in [0.3, 0.4) is 0 Å². The van der Waals surface area contributed by atoms with Gasteiger partial charge in [0.25, 0.3) is 0 Å². The lowest BCUT2D eigenvalue weighted by molar-refractivity contribution is 0.297. The van der Waals surface area contributed by atoms with Gasteiger partial charge in [-0.2, -0.15) is 8.39 Å². The molecule has 0 saturated carbocycles. The van der Waals surface area contributed by atoms with E-state index in [1.165, 1.54) is 19.3 Å². The van der Waals surface area contributed by atoms with Crippen LogP contribution >= 0.6 is 8.77 Å². The second-order valence-electron chi connectivity index (χ2n) is 2.80. The van der Waals surface area contributed by atoms with E-state index in [4.69, 9.17) is 0 Å². The molecule has 0 N–H and O–H groups in total. The maximum absolute atomic E-state index is 11.5. The molecule has 0 rings (SSSR count). The molecule has 0 unspecified atom stereocenters. The number of rotatable bonds is 8. The maximum atomic E-state index is 11.5. The van der Waals surface area contributed by atoms with E-state index in [0.717, 1.165) is 19.3 Å². The first-order valence-electron chi connectivity index (χ1n) is 4.52. The van der Waals surface area contributed by atoms with Crippen LogP contribution in [0.1, 0.15) is 45.4 Å². The van der Waals surface area contributed by atoms with Crippen molar-refractivity contribution < 1.29 is 12.9 Å². The van der Waals surface area contributed by atoms with Crippen LogP contribution in [-0.4, -0.2) is 6.61 Å². The molecular weight excluding hydrogens is 181 g/mol. The molecule has 0 aliphatic rings. The third-order valence-electron chi connectivity index (χ3n) is 1.69. The van der Waals surface area contributed by atoms with Crippen molar-refractivity contribution in [2.45, 2.75) is 45.4 Å². The summed E-state index contributed by atoms with van der Waals surface area (Å²) >= 11 is 0. The summed E-state index contributed by atoms with van der Waals surface area (Å²) in [6, 6.07) is 0. The van der Waals surface area contributed by atoms with Gasteiger partial charge in [-0.3, -0.25) is 0 Å². The summed E-state index contributed by atoms with van der Waals surface area (Å²) < 4.78 is 27.2. The summed E-state index contributed by atoms with van der Waals surface area (Å²) in [4.78, 5) is 0. The molecular formula is C8H17F2OP. The third kappa shape index (κ3) is 10.2. The van der Waals surface area contributed by atoms with Gasteiger partial charge in [-0.25, -0.2) is 0 Å². The molecule has 0 heterocycles. The minimum atomic E-state index is -3.13. The van der Waals surface area contributed by atoms with Gasteiger partial charge in [0.05, 0.1) is 6.61 Å². The van der Waals surface area contributed by atoms with Crippen molar-refractivity contribution >= 4 is 8.77 Å². The van der Waals surface area contributed by atoms with Crippen molar-refractivity contribution in [1.82, 2.24) is 0 Å². The van der Waals surface area contributed by atoms with Crippen LogP contribution in [0.25, 0.3) is 0 Å². The van der Waals surface area contributed by atoms with Crippen molar-refractivity contribution in [2.75, 3.05) is 6.61 Å². The molecule has 0 amide bonds. The summed E-state index contributed by atoms with van der Waals surface area (Å²) in [7, 11) is -3.13. The van der Waals surface area contributed by atoms with E-state index < -0.39 is 8.77 Å². The van der Waals surface area contributed by atoms with Gasteiger partial charge in [0, 0.05) is 0 Å². The average molecular weight is 198 g/mol. The standard InChI is InChI=1S/C8H17F2OP/c1-2-3-4-5-6-7-8-11-12(9)10/h2-8H2,1H3. The summed E-state index contributed by atoms with van der Waals surface area (Å²) in [6.07, 6.45) is 6.63. The number of halogens is 2. The molecule has 4 heteroatoms. The molecule has 0 fully saturated rings. The average Bonchev–Trinajstić information content (AvgIpc) is 2.02. The molecule has 0 aliphatic carbocycles. The second-order valence-corrected chi connectivity index (χ2v) is 3.46. The first-order valence-corrected chi connectivity index (χ1v) is 5.56. The van der Waals surface area contributed by atoms with Crippen molar-refractivity contribution in [3.05, 3.63) is 0 Å². The molecule has 0 aromatic rings. The van der Waals surface area contributed by atoms with E-state index in [1.54, 1.807) is 0 Å². The van der Waals surface area contributed by atoms with Crippen molar-refractivity contribution in [2.24, 2.45) is 0 Å².